The van der Waals surface area contributed by atoms with E-state index in [1.54, 1.807) is 0 Å². The van der Waals surface area contributed by atoms with Crippen LogP contribution in [0.1, 0.15) is 64.7 Å². The van der Waals surface area contributed by atoms with Crippen LogP contribution in [0.15, 0.2) is 0 Å². The Labute approximate surface area is 92.6 Å². The SMILES string of the molecule is CC[CH]CCCCCCCCCBr. The molecule has 0 nitrogen and oxygen atoms in total. The van der Waals surface area contributed by atoms with E-state index in [-0.39, 0.29) is 0 Å². The molecule has 0 atom stereocenters. The number of halogens is 1. The molecule has 0 N–H and O–H groups in total. The third-order valence-corrected chi connectivity index (χ3v) is 2.89. The quantitative estimate of drug-likeness (QED) is 0.372. The summed E-state index contributed by atoms with van der Waals surface area (Å²) in [6.07, 6.45) is 14.9. The zero-order valence-electron chi connectivity index (χ0n) is 9.03. The fourth-order valence-corrected chi connectivity index (χ4v) is 1.87. The molecule has 0 rings (SSSR count). The van der Waals surface area contributed by atoms with Gasteiger partial charge in [0.2, 0.25) is 0 Å². The van der Waals surface area contributed by atoms with E-state index in [1.165, 1.54) is 63.1 Å². The Kier molecular flexibility index (Phi) is 12.9. The van der Waals surface area contributed by atoms with Crippen molar-refractivity contribution < 1.29 is 0 Å². The van der Waals surface area contributed by atoms with Gasteiger partial charge in [0.25, 0.3) is 0 Å². The van der Waals surface area contributed by atoms with Crippen molar-refractivity contribution in [2.24, 2.45) is 0 Å². The minimum atomic E-state index is 1.18. The van der Waals surface area contributed by atoms with Gasteiger partial charge in [0.05, 0.1) is 0 Å². The number of rotatable bonds is 10. The van der Waals surface area contributed by atoms with Gasteiger partial charge in [-0.25, -0.2) is 0 Å². The van der Waals surface area contributed by atoms with Crippen LogP contribution in [-0.2, 0) is 0 Å². The summed E-state index contributed by atoms with van der Waals surface area (Å²) in [4.78, 5) is 0. The van der Waals surface area contributed by atoms with Gasteiger partial charge >= 0.3 is 0 Å². The van der Waals surface area contributed by atoms with Gasteiger partial charge in [0.15, 0.2) is 0 Å². The zero-order valence-corrected chi connectivity index (χ0v) is 10.6. The molecule has 0 unspecified atom stereocenters. The minimum Gasteiger partial charge on any atom is -0.0928 e. The molecule has 0 saturated heterocycles. The second-order valence-corrected chi connectivity index (χ2v) is 4.44. The highest BCUT2D eigenvalue weighted by molar-refractivity contribution is 9.09. The first-order valence-corrected chi connectivity index (χ1v) is 6.91. The van der Waals surface area contributed by atoms with Crippen molar-refractivity contribution in [1.82, 2.24) is 0 Å². The molecule has 0 fully saturated rings. The van der Waals surface area contributed by atoms with Crippen molar-refractivity contribution >= 4 is 15.9 Å². The van der Waals surface area contributed by atoms with Crippen molar-refractivity contribution in [3.63, 3.8) is 0 Å². The van der Waals surface area contributed by atoms with Gasteiger partial charge in [-0.2, -0.15) is 0 Å². The number of unbranched alkanes of at least 4 members (excludes halogenated alkanes) is 9. The van der Waals surface area contributed by atoms with E-state index in [1.807, 2.05) is 0 Å². The summed E-state index contributed by atoms with van der Waals surface area (Å²) in [5.74, 6) is 0. The molecule has 0 aliphatic rings. The van der Waals surface area contributed by atoms with Crippen LogP contribution in [0.4, 0.5) is 0 Å². The van der Waals surface area contributed by atoms with Gasteiger partial charge in [0, 0.05) is 5.33 Å². The van der Waals surface area contributed by atoms with Crippen molar-refractivity contribution in [3.05, 3.63) is 6.42 Å². The lowest BCUT2D eigenvalue weighted by molar-refractivity contribution is 0.587. The van der Waals surface area contributed by atoms with E-state index in [0.717, 1.165) is 0 Å². The standard InChI is InChI=1S/C12H24Br/c1-2-3-4-5-6-7-8-9-10-11-12-13/h3H,2,4-12H2,1H3. The Morgan fingerprint density at radius 2 is 1.38 bits per heavy atom. The predicted molar refractivity (Wildman–Crippen MR) is 65.3 cm³/mol. The molecule has 0 aliphatic carbocycles. The smallest absolute Gasteiger partial charge is 0.00313 e. The van der Waals surface area contributed by atoms with Crippen molar-refractivity contribution in [2.45, 2.75) is 64.7 Å². The van der Waals surface area contributed by atoms with Crippen LogP contribution in [0.3, 0.4) is 0 Å². The van der Waals surface area contributed by atoms with Crippen LogP contribution >= 0.6 is 15.9 Å². The Morgan fingerprint density at radius 3 is 1.92 bits per heavy atom. The maximum absolute atomic E-state index is 3.46. The summed E-state index contributed by atoms with van der Waals surface area (Å²) in [5.41, 5.74) is 0. The maximum Gasteiger partial charge on any atom is 0.00313 e. The fourth-order valence-electron chi connectivity index (χ4n) is 1.47. The van der Waals surface area contributed by atoms with Crippen LogP contribution in [0.25, 0.3) is 0 Å². The predicted octanol–water partition coefficient (Wildman–Crippen LogP) is 5.12. The molecule has 79 valence electrons. The monoisotopic (exact) mass is 247 g/mol. The van der Waals surface area contributed by atoms with Gasteiger partial charge < -0.3 is 0 Å². The van der Waals surface area contributed by atoms with E-state index in [2.05, 4.69) is 29.3 Å². The molecule has 0 bridgehead atoms. The summed E-state index contributed by atoms with van der Waals surface area (Å²) >= 11 is 3.46. The summed E-state index contributed by atoms with van der Waals surface area (Å²) in [7, 11) is 0. The molecule has 13 heavy (non-hydrogen) atoms. The Bertz CT molecular complexity index is 71.2. The molecule has 1 heteroatoms. The Balaban J connectivity index is 2.76. The molecule has 0 aliphatic heterocycles. The lowest BCUT2D eigenvalue weighted by atomic mass is 10.1. The molecule has 1 radical (unpaired) electrons. The van der Waals surface area contributed by atoms with Crippen LogP contribution in [0.2, 0.25) is 0 Å². The van der Waals surface area contributed by atoms with E-state index in [4.69, 9.17) is 0 Å². The highest BCUT2D eigenvalue weighted by Gasteiger charge is 1.91. The minimum absolute atomic E-state index is 1.18. The molecule has 0 amide bonds. The van der Waals surface area contributed by atoms with Crippen molar-refractivity contribution in [3.8, 4) is 0 Å². The van der Waals surface area contributed by atoms with Crippen molar-refractivity contribution in [1.29, 1.82) is 0 Å². The van der Waals surface area contributed by atoms with Gasteiger partial charge in [-0.1, -0.05) is 74.2 Å². The number of alkyl halides is 1. The maximum atomic E-state index is 3.46. The summed E-state index contributed by atoms with van der Waals surface area (Å²) in [6, 6.07) is 0. The molecule has 0 aromatic heterocycles. The Morgan fingerprint density at radius 1 is 0.846 bits per heavy atom. The first kappa shape index (κ1) is 13.5. The van der Waals surface area contributed by atoms with E-state index in [9.17, 15) is 0 Å². The topological polar surface area (TPSA) is 0 Å². The molecule has 0 aromatic carbocycles. The molecule has 0 saturated carbocycles. The Hall–Kier alpha value is 0.480. The van der Waals surface area contributed by atoms with Crippen LogP contribution in [-0.4, -0.2) is 5.33 Å². The summed E-state index contributed by atoms with van der Waals surface area (Å²) in [5, 5.41) is 1.18. The normalized spacial score (nSPS) is 10.6. The summed E-state index contributed by atoms with van der Waals surface area (Å²) in [6.45, 7) is 2.22. The van der Waals surface area contributed by atoms with Gasteiger partial charge in [0.1, 0.15) is 0 Å². The average Bonchev–Trinajstić information content (AvgIpc) is 2.16. The molecule has 0 aromatic rings. The van der Waals surface area contributed by atoms with Crippen LogP contribution in [0, 0.1) is 6.42 Å². The number of hydrogen-bond donors (Lipinski definition) is 0. The fraction of sp³-hybridized carbons (Fsp3) is 0.917. The van der Waals surface area contributed by atoms with E-state index >= 15 is 0 Å². The van der Waals surface area contributed by atoms with E-state index in [0.29, 0.717) is 0 Å². The third-order valence-electron chi connectivity index (χ3n) is 2.33. The highest BCUT2D eigenvalue weighted by Crippen LogP contribution is 2.10. The van der Waals surface area contributed by atoms with Crippen molar-refractivity contribution in [2.75, 3.05) is 5.33 Å². The zero-order chi connectivity index (χ0) is 9.78. The lowest BCUT2D eigenvalue weighted by Crippen LogP contribution is -1.82. The average molecular weight is 248 g/mol. The number of hydrogen-bond acceptors (Lipinski definition) is 0. The third kappa shape index (κ3) is 12.5. The summed E-state index contributed by atoms with van der Waals surface area (Å²) < 4.78 is 0. The van der Waals surface area contributed by atoms with Crippen LogP contribution < -0.4 is 0 Å². The van der Waals surface area contributed by atoms with Gasteiger partial charge in [-0.05, 0) is 12.8 Å². The second-order valence-electron chi connectivity index (χ2n) is 3.65. The largest absolute Gasteiger partial charge is 0.0928 e. The molecular weight excluding hydrogens is 224 g/mol. The molecular formula is C12H24Br. The van der Waals surface area contributed by atoms with Gasteiger partial charge in [-0.3, -0.25) is 0 Å². The van der Waals surface area contributed by atoms with E-state index < -0.39 is 0 Å². The highest BCUT2D eigenvalue weighted by atomic mass is 79.9. The van der Waals surface area contributed by atoms with Crippen LogP contribution in [0.5, 0.6) is 0 Å². The second kappa shape index (κ2) is 12.5. The first-order valence-electron chi connectivity index (χ1n) is 5.79. The molecule has 0 spiro atoms. The first-order chi connectivity index (χ1) is 6.41. The van der Waals surface area contributed by atoms with Gasteiger partial charge in [-0.15, -0.1) is 0 Å². The molecule has 0 heterocycles. The lowest BCUT2D eigenvalue weighted by Gasteiger charge is -2.00.